The first-order valence-corrected chi connectivity index (χ1v) is 6.02. The zero-order chi connectivity index (χ0) is 13.0. The van der Waals surface area contributed by atoms with E-state index in [2.05, 4.69) is 49.5 Å². The summed E-state index contributed by atoms with van der Waals surface area (Å²) in [6.45, 7) is 4.20. The van der Waals surface area contributed by atoms with Crippen molar-refractivity contribution in [1.29, 1.82) is 5.26 Å². The highest BCUT2D eigenvalue weighted by molar-refractivity contribution is 5.50. The zero-order valence-electron chi connectivity index (χ0n) is 10.6. The van der Waals surface area contributed by atoms with Crippen molar-refractivity contribution >= 4 is 5.69 Å². The normalized spacial score (nSPS) is 11.6. The second-order valence-electron chi connectivity index (χ2n) is 4.47. The van der Waals surface area contributed by atoms with Gasteiger partial charge in [-0.25, -0.2) is 0 Å². The van der Waals surface area contributed by atoms with Gasteiger partial charge in [-0.15, -0.1) is 0 Å². The first-order chi connectivity index (χ1) is 8.69. The number of hydrogen-bond donors (Lipinski definition) is 1. The first kappa shape index (κ1) is 12.2. The molecule has 0 amide bonds. The number of hydrogen-bond acceptors (Lipinski definition) is 2. The molecule has 1 N–H and O–H groups in total. The Bertz CT molecular complexity index is 564. The van der Waals surface area contributed by atoms with Crippen LogP contribution in [-0.2, 0) is 0 Å². The number of nitrogens with one attached hydrogen (secondary N) is 1. The fourth-order valence-electron chi connectivity index (χ4n) is 1.87. The Labute approximate surface area is 108 Å². The summed E-state index contributed by atoms with van der Waals surface area (Å²) in [6.07, 6.45) is 0. The number of aryl methyl sites for hydroxylation is 1. The third kappa shape index (κ3) is 2.89. The molecule has 2 heteroatoms. The van der Waals surface area contributed by atoms with E-state index in [0.717, 1.165) is 5.69 Å². The summed E-state index contributed by atoms with van der Waals surface area (Å²) in [4.78, 5) is 0. The van der Waals surface area contributed by atoms with Crippen LogP contribution in [-0.4, -0.2) is 0 Å². The maximum atomic E-state index is 8.87. The molecule has 0 aliphatic heterocycles. The van der Waals surface area contributed by atoms with Crippen molar-refractivity contribution in [3.63, 3.8) is 0 Å². The molecule has 1 unspecified atom stereocenters. The maximum Gasteiger partial charge on any atom is 0.0992 e. The van der Waals surface area contributed by atoms with Crippen molar-refractivity contribution in [2.24, 2.45) is 0 Å². The summed E-state index contributed by atoms with van der Waals surface area (Å²) < 4.78 is 0. The molecule has 2 rings (SSSR count). The van der Waals surface area contributed by atoms with Gasteiger partial charge in [0.1, 0.15) is 0 Å². The molecular weight excluding hydrogens is 220 g/mol. The average Bonchev–Trinajstić information content (AvgIpc) is 2.39. The third-order valence-electron chi connectivity index (χ3n) is 2.95. The van der Waals surface area contributed by atoms with Crippen LogP contribution in [0.2, 0.25) is 0 Å². The average molecular weight is 236 g/mol. The van der Waals surface area contributed by atoms with E-state index < -0.39 is 0 Å². The molecule has 0 saturated carbocycles. The van der Waals surface area contributed by atoms with Crippen molar-refractivity contribution in [2.45, 2.75) is 19.9 Å². The molecule has 0 aromatic heterocycles. The molecule has 0 spiro atoms. The zero-order valence-corrected chi connectivity index (χ0v) is 10.6. The van der Waals surface area contributed by atoms with Gasteiger partial charge in [-0.05, 0) is 37.6 Å². The first-order valence-electron chi connectivity index (χ1n) is 6.02. The van der Waals surface area contributed by atoms with Crippen LogP contribution in [0.15, 0.2) is 48.5 Å². The van der Waals surface area contributed by atoms with E-state index in [0.29, 0.717) is 5.56 Å². The van der Waals surface area contributed by atoms with E-state index in [9.17, 15) is 0 Å². The van der Waals surface area contributed by atoms with E-state index in [1.54, 1.807) is 0 Å². The van der Waals surface area contributed by atoms with Gasteiger partial charge >= 0.3 is 0 Å². The molecule has 0 bridgehead atoms. The molecule has 0 saturated heterocycles. The molecular formula is C16H16N2. The van der Waals surface area contributed by atoms with Crippen LogP contribution < -0.4 is 5.32 Å². The van der Waals surface area contributed by atoms with Gasteiger partial charge < -0.3 is 5.32 Å². The topological polar surface area (TPSA) is 35.8 Å². The number of nitriles is 1. The van der Waals surface area contributed by atoms with Crippen molar-refractivity contribution in [3.05, 3.63) is 65.2 Å². The molecule has 0 fully saturated rings. The third-order valence-corrected chi connectivity index (χ3v) is 2.95. The Hall–Kier alpha value is -2.27. The Morgan fingerprint density at radius 3 is 2.50 bits per heavy atom. The Morgan fingerprint density at radius 1 is 1.11 bits per heavy atom. The Balaban J connectivity index is 2.13. The molecule has 2 nitrogen and oxygen atoms in total. The van der Waals surface area contributed by atoms with E-state index in [-0.39, 0.29) is 6.04 Å². The summed E-state index contributed by atoms with van der Waals surface area (Å²) >= 11 is 0. The fourth-order valence-corrected chi connectivity index (χ4v) is 1.87. The Kier molecular flexibility index (Phi) is 3.64. The van der Waals surface area contributed by atoms with Gasteiger partial charge in [0.2, 0.25) is 0 Å². The molecule has 2 aromatic carbocycles. The predicted octanol–water partition coefficient (Wildman–Crippen LogP) is 4.04. The van der Waals surface area contributed by atoms with Crippen molar-refractivity contribution in [2.75, 3.05) is 5.32 Å². The molecule has 18 heavy (non-hydrogen) atoms. The Morgan fingerprint density at radius 2 is 1.83 bits per heavy atom. The van der Waals surface area contributed by atoms with E-state index in [1.165, 1.54) is 11.1 Å². The highest BCUT2D eigenvalue weighted by Crippen LogP contribution is 2.20. The lowest BCUT2D eigenvalue weighted by Gasteiger charge is -2.16. The van der Waals surface area contributed by atoms with Crippen LogP contribution in [0.4, 0.5) is 5.69 Å². The van der Waals surface area contributed by atoms with Crippen LogP contribution in [0.5, 0.6) is 0 Å². The minimum Gasteiger partial charge on any atom is -0.378 e. The SMILES string of the molecule is Cc1ccc(C(C)Nc2cccc(C#N)c2)cc1. The van der Waals surface area contributed by atoms with Crippen LogP contribution in [0.1, 0.15) is 29.7 Å². The summed E-state index contributed by atoms with van der Waals surface area (Å²) in [5, 5.41) is 12.3. The second-order valence-corrected chi connectivity index (χ2v) is 4.47. The van der Waals surface area contributed by atoms with E-state index >= 15 is 0 Å². The largest absolute Gasteiger partial charge is 0.378 e. The van der Waals surface area contributed by atoms with E-state index in [1.807, 2.05) is 24.3 Å². The number of nitrogens with zero attached hydrogens (tertiary/aromatic N) is 1. The second kappa shape index (κ2) is 5.37. The molecule has 90 valence electrons. The van der Waals surface area contributed by atoms with Crippen molar-refractivity contribution < 1.29 is 0 Å². The monoisotopic (exact) mass is 236 g/mol. The van der Waals surface area contributed by atoms with E-state index in [4.69, 9.17) is 5.26 Å². The van der Waals surface area contributed by atoms with Gasteiger partial charge in [0.15, 0.2) is 0 Å². The number of benzene rings is 2. The van der Waals surface area contributed by atoms with Gasteiger partial charge in [0.05, 0.1) is 11.6 Å². The van der Waals surface area contributed by atoms with Gasteiger partial charge in [0, 0.05) is 11.7 Å². The van der Waals surface area contributed by atoms with Crippen LogP contribution in [0, 0.1) is 18.3 Å². The molecule has 2 aromatic rings. The van der Waals surface area contributed by atoms with Gasteiger partial charge in [-0.3, -0.25) is 0 Å². The summed E-state index contributed by atoms with van der Waals surface area (Å²) in [5.41, 5.74) is 4.15. The smallest absolute Gasteiger partial charge is 0.0992 e. The lowest BCUT2D eigenvalue weighted by molar-refractivity contribution is 0.884. The van der Waals surface area contributed by atoms with Gasteiger partial charge in [-0.2, -0.15) is 5.26 Å². The van der Waals surface area contributed by atoms with Crippen LogP contribution >= 0.6 is 0 Å². The lowest BCUT2D eigenvalue weighted by Crippen LogP contribution is -2.06. The minimum absolute atomic E-state index is 0.222. The number of anilines is 1. The lowest BCUT2D eigenvalue weighted by atomic mass is 10.1. The fraction of sp³-hybridized carbons (Fsp3) is 0.188. The summed E-state index contributed by atoms with van der Waals surface area (Å²) in [5.74, 6) is 0. The quantitative estimate of drug-likeness (QED) is 0.873. The van der Waals surface area contributed by atoms with Gasteiger partial charge in [0.25, 0.3) is 0 Å². The molecule has 0 aliphatic carbocycles. The molecule has 0 radical (unpaired) electrons. The van der Waals surface area contributed by atoms with Crippen molar-refractivity contribution in [3.8, 4) is 6.07 Å². The van der Waals surface area contributed by atoms with Crippen LogP contribution in [0.3, 0.4) is 0 Å². The molecule has 0 aliphatic rings. The van der Waals surface area contributed by atoms with Gasteiger partial charge in [-0.1, -0.05) is 35.9 Å². The van der Waals surface area contributed by atoms with Crippen LogP contribution in [0.25, 0.3) is 0 Å². The highest BCUT2D eigenvalue weighted by atomic mass is 14.9. The highest BCUT2D eigenvalue weighted by Gasteiger charge is 2.05. The maximum absolute atomic E-state index is 8.87. The number of rotatable bonds is 3. The standard InChI is InChI=1S/C16H16N2/c1-12-6-8-15(9-7-12)13(2)18-16-5-3-4-14(10-16)11-17/h3-10,13,18H,1-2H3. The molecule has 0 heterocycles. The predicted molar refractivity (Wildman–Crippen MR) is 74.4 cm³/mol. The molecule has 1 atom stereocenters. The summed E-state index contributed by atoms with van der Waals surface area (Å²) in [7, 11) is 0. The summed E-state index contributed by atoms with van der Waals surface area (Å²) in [6, 6.07) is 18.4. The van der Waals surface area contributed by atoms with Crippen molar-refractivity contribution in [1.82, 2.24) is 0 Å². The minimum atomic E-state index is 0.222.